The summed E-state index contributed by atoms with van der Waals surface area (Å²) >= 11 is 0. The first kappa shape index (κ1) is 16.9. The summed E-state index contributed by atoms with van der Waals surface area (Å²) in [5.41, 5.74) is 3.57. The monoisotopic (exact) mass is 336 g/mol. The first-order valence-electron chi connectivity index (χ1n) is 8.45. The normalized spacial score (nSPS) is 13.0. The Morgan fingerprint density at radius 3 is 2.76 bits per heavy atom. The zero-order chi connectivity index (χ0) is 17.8. The zero-order valence-electron chi connectivity index (χ0n) is 14.2. The molecule has 0 atom stereocenters. The van der Waals surface area contributed by atoms with Gasteiger partial charge in [0.1, 0.15) is 17.5 Å². The number of fused-ring (bicyclic) bond motifs is 1. The van der Waals surface area contributed by atoms with Gasteiger partial charge in [-0.05, 0) is 42.9 Å². The minimum absolute atomic E-state index is 0.0333. The highest BCUT2D eigenvalue weighted by atomic mass is 16.2. The van der Waals surface area contributed by atoms with Crippen LogP contribution in [-0.4, -0.2) is 21.5 Å². The fraction of sp³-hybridized carbons (Fsp3) is 0.368. The lowest BCUT2D eigenvalue weighted by Gasteiger charge is -2.16. The Morgan fingerprint density at radius 2 is 2.00 bits per heavy atom. The molecule has 1 aliphatic rings. The second-order valence-corrected chi connectivity index (χ2v) is 6.30. The van der Waals surface area contributed by atoms with Crippen molar-refractivity contribution in [2.75, 3.05) is 5.32 Å². The molecule has 0 saturated heterocycles. The number of nitrogens with zero attached hydrogens (tertiary/aromatic N) is 3. The number of nitrogens with one attached hydrogen (secondary N) is 1. The first-order chi connectivity index (χ1) is 12.1. The van der Waals surface area contributed by atoms with Gasteiger partial charge in [-0.2, -0.15) is 10.4 Å². The van der Waals surface area contributed by atoms with E-state index in [2.05, 4.69) is 10.4 Å². The molecule has 25 heavy (non-hydrogen) atoms. The molecule has 1 N–H and O–H groups in total. The number of carbonyl (C=O) groups excluding carboxylic acids is 2. The molecule has 1 aromatic heterocycles. The first-order valence-corrected chi connectivity index (χ1v) is 8.45. The number of aromatic nitrogens is 2. The number of benzene rings is 1. The van der Waals surface area contributed by atoms with Gasteiger partial charge < -0.3 is 5.32 Å². The second kappa shape index (κ2) is 7.31. The Bertz CT molecular complexity index is 861. The van der Waals surface area contributed by atoms with Crippen LogP contribution in [0.5, 0.6) is 0 Å². The molecular weight excluding hydrogens is 316 g/mol. The van der Waals surface area contributed by atoms with Gasteiger partial charge >= 0.3 is 0 Å². The van der Waals surface area contributed by atoms with Crippen molar-refractivity contribution in [2.24, 2.45) is 7.05 Å². The van der Waals surface area contributed by atoms with Gasteiger partial charge in [0.2, 0.25) is 5.91 Å². The van der Waals surface area contributed by atoms with Crippen molar-refractivity contribution >= 4 is 17.5 Å². The van der Waals surface area contributed by atoms with Gasteiger partial charge in [0.15, 0.2) is 5.78 Å². The molecular formula is C19H20N4O2. The third-order valence-corrected chi connectivity index (χ3v) is 4.57. The molecule has 1 aliphatic carbocycles. The molecule has 3 rings (SSSR count). The van der Waals surface area contributed by atoms with Crippen molar-refractivity contribution in [1.29, 1.82) is 5.26 Å². The van der Waals surface area contributed by atoms with E-state index in [0.29, 0.717) is 16.9 Å². The summed E-state index contributed by atoms with van der Waals surface area (Å²) in [6.07, 6.45) is 6.09. The molecule has 6 heteroatoms. The topological polar surface area (TPSA) is 87.8 Å². The summed E-state index contributed by atoms with van der Waals surface area (Å²) < 4.78 is 1.43. The quantitative estimate of drug-likeness (QED) is 0.850. The van der Waals surface area contributed by atoms with Gasteiger partial charge in [0.25, 0.3) is 0 Å². The average Bonchev–Trinajstić information content (AvgIpc) is 2.99. The smallest absolute Gasteiger partial charge is 0.226 e. The number of Topliss-reactive ketones (excluding diaryl/α,β-unsaturated/α-hetero) is 1. The number of carbonyl (C=O) groups is 2. The van der Waals surface area contributed by atoms with E-state index in [1.807, 2.05) is 24.3 Å². The van der Waals surface area contributed by atoms with E-state index in [1.54, 1.807) is 7.05 Å². The maximum atomic E-state index is 12.4. The predicted octanol–water partition coefficient (Wildman–Crippen LogP) is 2.77. The Morgan fingerprint density at radius 1 is 1.24 bits per heavy atom. The molecule has 1 heterocycles. The van der Waals surface area contributed by atoms with E-state index in [4.69, 9.17) is 5.26 Å². The van der Waals surface area contributed by atoms with Crippen molar-refractivity contribution in [3.63, 3.8) is 0 Å². The SMILES string of the molecule is Cn1ncc(C#N)c1NC(=O)CCC(=O)c1ccc2c(c1)CCCC2. The van der Waals surface area contributed by atoms with Gasteiger partial charge in [0.05, 0.1) is 6.20 Å². The van der Waals surface area contributed by atoms with Gasteiger partial charge in [-0.25, -0.2) is 0 Å². The van der Waals surface area contributed by atoms with E-state index < -0.39 is 0 Å². The highest BCUT2D eigenvalue weighted by molar-refractivity contribution is 6.00. The standard InChI is InChI=1S/C19H20N4O2/c1-23-19(16(11-20)12-21-23)22-18(25)9-8-17(24)15-7-6-13-4-2-3-5-14(13)10-15/h6-7,10,12H,2-5,8-9H2,1H3,(H,22,25). The lowest BCUT2D eigenvalue weighted by Crippen LogP contribution is -2.16. The van der Waals surface area contributed by atoms with E-state index in [9.17, 15) is 9.59 Å². The zero-order valence-corrected chi connectivity index (χ0v) is 14.2. The molecule has 0 unspecified atom stereocenters. The largest absolute Gasteiger partial charge is 0.310 e. The number of ketones is 1. The molecule has 0 spiro atoms. The van der Waals surface area contributed by atoms with E-state index in [0.717, 1.165) is 12.8 Å². The van der Waals surface area contributed by atoms with Crippen molar-refractivity contribution in [1.82, 2.24) is 9.78 Å². The molecule has 0 bridgehead atoms. The third-order valence-electron chi connectivity index (χ3n) is 4.57. The number of rotatable bonds is 5. The number of anilines is 1. The van der Waals surface area contributed by atoms with Crippen LogP contribution in [-0.2, 0) is 24.7 Å². The third kappa shape index (κ3) is 3.77. The molecule has 1 aromatic carbocycles. The maximum absolute atomic E-state index is 12.4. The molecule has 0 saturated carbocycles. The van der Waals surface area contributed by atoms with Gasteiger partial charge in [-0.15, -0.1) is 0 Å². The van der Waals surface area contributed by atoms with Crippen LogP contribution in [0.25, 0.3) is 0 Å². The molecule has 0 aliphatic heterocycles. The van der Waals surface area contributed by atoms with Crippen LogP contribution in [0.15, 0.2) is 24.4 Å². The van der Waals surface area contributed by atoms with Gasteiger partial charge in [-0.1, -0.05) is 12.1 Å². The Labute approximate surface area is 146 Å². The Balaban J connectivity index is 1.59. The molecule has 128 valence electrons. The number of aryl methyl sites for hydroxylation is 3. The summed E-state index contributed by atoms with van der Waals surface area (Å²) in [6, 6.07) is 7.85. The van der Waals surface area contributed by atoms with Crippen LogP contribution in [0.2, 0.25) is 0 Å². The van der Waals surface area contributed by atoms with Crippen LogP contribution in [0.1, 0.15) is 52.7 Å². The predicted molar refractivity (Wildman–Crippen MR) is 93.2 cm³/mol. The molecule has 2 aromatic rings. The fourth-order valence-corrected chi connectivity index (χ4v) is 3.14. The summed E-state index contributed by atoms with van der Waals surface area (Å²) in [5, 5.41) is 15.6. The summed E-state index contributed by atoms with van der Waals surface area (Å²) in [6.45, 7) is 0. The molecule has 6 nitrogen and oxygen atoms in total. The van der Waals surface area contributed by atoms with E-state index in [1.165, 1.54) is 34.8 Å². The number of hydrogen-bond donors (Lipinski definition) is 1. The highest BCUT2D eigenvalue weighted by Gasteiger charge is 2.16. The summed E-state index contributed by atoms with van der Waals surface area (Å²) in [5.74, 6) is 0.0224. The van der Waals surface area contributed by atoms with Crippen molar-refractivity contribution in [3.05, 3.63) is 46.6 Å². The molecule has 0 radical (unpaired) electrons. The number of nitriles is 1. The average molecular weight is 336 g/mol. The van der Waals surface area contributed by atoms with E-state index in [-0.39, 0.29) is 24.5 Å². The Hall–Kier alpha value is -2.94. The van der Waals surface area contributed by atoms with Gasteiger partial charge in [-0.3, -0.25) is 14.3 Å². The minimum atomic E-state index is -0.300. The minimum Gasteiger partial charge on any atom is -0.310 e. The molecule has 1 amide bonds. The van der Waals surface area contributed by atoms with Crippen LogP contribution < -0.4 is 5.32 Å². The lowest BCUT2D eigenvalue weighted by atomic mass is 9.89. The highest BCUT2D eigenvalue weighted by Crippen LogP contribution is 2.23. The van der Waals surface area contributed by atoms with Crippen molar-refractivity contribution < 1.29 is 9.59 Å². The Kier molecular flexibility index (Phi) is 4.94. The maximum Gasteiger partial charge on any atom is 0.226 e. The molecule has 0 fully saturated rings. The van der Waals surface area contributed by atoms with Crippen molar-refractivity contribution in [3.8, 4) is 6.07 Å². The van der Waals surface area contributed by atoms with Crippen LogP contribution in [0.4, 0.5) is 5.82 Å². The van der Waals surface area contributed by atoms with Crippen LogP contribution >= 0.6 is 0 Å². The summed E-state index contributed by atoms with van der Waals surface area (Å²) in [7, 11) is 1.65. The van der Waals surface area contributed by atoms with Crippen molar-refractivity contribution in [2.45, 2.75) is 38.5 Å². The lowest BCUT2D eigenvalue weighted by molar-refractivity contribution is -0.116. The number of hydrogen-bond acceptors (Lipinski definition) is 4. The number of amides is 1. The van der Waals surface area contributed by atoms with Crippen LogP contribution in [0, 0.1) is 11.3 Å². The van der Waals surface area contributed by atoms with Gasteiger partial charge in [0, 0.05) is 25.5 Å². The fourth-order valence-electron chi connectivity index (χ4n) is 3.14. The summed E-state index contributed by atoms with van der Waals surface area (Å²) in [4.78, 5) is 24.5. The van der Waals surface area contributed by atoms with E-state index >= 15 is 0 Å². The second-order valence-electron chi connectivity index (χ2n) is 6.30. The van der Waals surface area contributed by atoms with Crippen LogP contribution in [0.3, 0.4) is 0 Å².